The highest BCUT2D eigenvalue weighted by atomic mass is 35.5. The maximum Gasteiger partial charge on any atom is 0.340 e. The first-order valence-corrected chi connectivity index (χ1v) is 9.17. The van der Waals surface area contributed by atoms with Crippen molar-refractivity contribution in [2.45, 2.75) is 13.5 Å². The van der Waals surface area contributed by atoms with Crippen molar-refractivity contribution in [1.82, 2.24) is 9.78 Å². The summed E-state index contributed by atoms with van der Waals surface area (Å²) in [6, 6.07) is 14.4. The molecule has 0 saturated carbocycles. The zero-order chi connectivity index (χ0) is 21.0. The van der Waals surface area contributed by atoms with Crippen LogP contribution in [0.1, 0.15) is 32.0 Å². The molecular formula is C21H20ClN3O4. The highest BCUT2D eigenvalue weighted by Gasteiger charge is 2.23. The third-order valence-corrected chi connectivity index (χ3v) is 4.73. The van der Waals surface area contributed by atoms with Gasteiger partial charge in [-0.3, -0.25) is 4.79 Å². The molecule has 3 rings (SSSR count). The third-order valence-electron chi connectivity index (χ3n) is 4.35. The number of anilines is 1. The van der Waals surface area contributed by atoms with E-state index in [-0.39, 0.29) is 22.0 Å². The average Bonchev–Trinajstić information content (AvgIpc) is 3.01. The average molecular weight is 414 g/mol. The minimum absolute atomic E-state index is 0.172. The molecule has 0 saturated heterocycles. The summed E-state index contributed by atoms with van der Waals surface area (Å²) in [6.45, 7) is 2.14. The summed E-state index contributed by atoms with van der Waals surface area (Å²) in [5.41, 5.74) is 2.19. The summed E-state index contributed by atoms with van der Waals surface area (Å²) in [5.74, 6) is -0.600. The van der Waals surface area contributed by atoms with Crippen LogP contribution in [-0.2, 0) is 11.3 Å². The number of nitrogens with zero attached hydrogens (tertiary/aromatic N) is 2. The Morgan fingerprint density at radius 1 is 1.14 bits per heavy atom. The molecule has 0 spiro atoms. The number of ether oxygens (including phenoxy) is 2. The molecule has 0 bridgehead atoms. The van der Waals surface area contributed by atoms with E-state index in [0.29, 0.717) is 18.0 Å². The zero-order valence-corrected chi connectivity index (χ0v) is 17.0. The van der Waals surface area contributed by atoms with Gasteiger partial charge < -0.3 is 14.8 Å². The summed E-state index contributed by atoms with van der Waals surface area (Å²) < 4.78 is 11.5. The predicted octanol–water partition coefficient (Wildman–Crippen LogP) is 3.94. The molecule has 0 atom stereocenters. The first kappa shape index (κ1) is 20.4. The number of nitrogens with one attached hydrogen (secondary N) is 1. The fraction of sp³-hybridized carbons (Fsp3) is 0.190. The lowest BCUT2D eigenvalue weighted by molar-refractivity contribution is 0.0601. The van der Waals surface area contributed by atoms with Gasteiger partial charge in [-0.1, -0.05) is 41.9 Å². The van der Waals surface area contributed by atoms with Crippen molar-refractivity contribution < 1.29 is 19.1 Å². The van der Waals surface area contributed by atoms with Crippen molar-refractivity contribution >= 4 is 29.2 Å². The van der Waals surface area contributed by atoms with E-state index >= 15 is 0 Å². The number of esters is 1. The molecule has 8 heteroatoms. The Morgan fingerprint density at radius 2 is 1.86 bits per heavy atom. The summed E-state index contributed by atoms with van der Waals surface area (Å²) in [5, 5.41) is 7.32. The number of aromatic nitrogens is 2. The first-order valence-electron chi connectivity index (χ1n) is 8.79. The van der Waals surface area contributed by atoms with Crippen LogP contribution < -0.4 is 10.1 Å². The Bertz CT molecular complexity index is 1050. The van der Waals surface area contributed by atoms with Crippen molar-refractivity contribution in [3.8, 4) is 5.75 Å². The standard InChI is InChI=1S/C21H20ClN3O4/c1-13-18(19(22)25(24-13)12-14-7-5-4-6-8-14)20(26)23-17-10-9-15(28-2)11-16(17)21(27)29-3/h4-11H,12H2,1-3H3,(H,23,26). The Morgan fingerprint density at radius 3 is 2.52 bits per heavy atom. The van der Waals surface area contributed by atoms with Gasteiger partial charge in [0.2, 0.25) is 0 Å². The topological polar surface area (TPSA) is 82.4 Å². The SMILES string of the molecule is COC(=O)c1cc(OC)ccc1NC(=O)c1c(C)nn(Cc2ccccc2)c1Cl. The number of hydrogen-bond donors (Lipinski definition) is 1. The van der Waals surface area contributed by atoms with Gasteiger partial charge in [0, 0.05) is 0 Å². The Labute approximate surface area is 173 Å². The van der Waals surface area contributed by atoms with Crippen LogP contribution in [0.5, 0.6) is 5.75 Å². The second-order valence-corrected chi connectivity index (χ2v) is 6.61. The summed E-state index contributed by atoms with van der Waals surface area (Å²) in [7, 11) is 2.75. The zero-order valence-electron chi connectivity index (χ0n) is 16.2. The second-order valence-electron chi connectivity index (χ2n) is 6.25. The largest absolute Gasteiger partial charge is 0.497 e. The van der Waals surface area contributed by atoms with Gasteiger partial charge >= 0.3 is 5.97 Å². The lowest BCUT2D eigenvalue weighted by Crippen LogP contribution is -2.16. The number of carbonyl (C=O) groups is 2. The molecule has 0 unspecified atom stereocenters. The molecule has 150 valence electrons. The first-order chi connectivity index (χ1) is 13.9. The number of aryl methyl sites for hydroxylation is 1. The van der Waals surface area contributed by atoms with Crippen molar-refractivity contribution in [2.24, 2.45) is 0 Å². The van der Waals surface area contributed by atoms with Crippen LogP contribution in [0.2, 0.25) is 5.15 Å². The minimum atomic E-state index is -0.596. The number of hydrogen-bond acceptors (Lipinski definition) is 5. The number of rotatable bonds is 6. The van der Waals surface area contributed by atoms with Crippen LogP contribution in [0, 0.1) is 6.92 Å². The molecule has 7 nitrogen and oxygen atoms in total. The molecule has 0 fully saturated rings. The van der Waals surface area contributed by atoms with Gasteiger partial charge in [0.25, 0.3) is 5.91 Å². The summed E-state index contributed by atoms with van der Waals surface area (Å²) in [6.07, 6.45) is 0. The van der Waals surface area contributed by atoms with E-state index in [9.17, 15) is 9.59 Å². The van der Waals surface area contributed by atoms with Crippen molar-refractivity contribution in [3.63, 3.8) is 0 Å². The quantitative estimate of drug-likeness (QED) is 0.619. The fourth-order valence-corrected chi connectivity index (χ4v) is 3.22. The normalized spacial score (nSPS) is 10.5. The molecular weight excluding hydrogens is 394 g/mol. The van der Waals surface area contributed by atoms with E-state index in [1.165, 1.54) is 20.3 Å². The molecule has 0 aliphatic rings. The molecule has 1 amide bonds. The summed E-state index contributed by atoms with van der Waals surface area (Å²) in [4.78, 5) is 25.0. The monoisotopic (exact) mass is 413 g/mol. The molecule has 3 aromatic rings. The van der Waals surface area contributed by atoms with Crippen LogP contribution in [0.25, 0.3) is 0 Å². The molecule has 1 heterocycles. The van der Waals surface area contributed by atoms with Gasteiger partial charge in [-0.15, -0.1) is 0 Å². The van der Waals surface area contributed by atoms with Crippen molar-refractivity contribution in [3.05, 3.63) is 76.1 Å². The van der Waals surface area contributed by atoms with Crippen LogP contribution in [-0.4, -0.2) is 35.9 Å². The van der Waals surface area contributed by atoms with Gasteiger partial charge in [-0.05, 0) is 30.7 Å². The third kappa shape index (κ3) is 4.41. The van der Waals surface area contributed by atoms with Crippen LogP contribution >= 0.6 is 11.6 Å². The molecule has 29 heavy (non-hydrogen) atoms. The van der Waals surface area contributed by atoms with Gasteiger partial charge in [0.1, 0.15) is 10.9 Å². The number of benzene rings is 2. The molecule has 1 N–H and O–H groups in total. The van der Waals surface area contributed by atoms with E-state index in [0.717, 1.165) is 5.56 Å². The minimum Gasteiger partial charge on any atom is -0.497 e. The van der Waals surface area contributed by atoms with Crippen LogP contribution in [0.4, 0.5) is 5.69 Å². The molecule has 0 aliphatic heterocycles. The van der Waals surface area contributed by atoms with E-state index in [1.807, 2.05) is 30.3 Å². The highest BCUT2D eigenvalue weighted by molar-refractivity contribution is 6.33. The number of halogens is 1. The van der Waals surface area contributed by atoms with Gasteiger partial charge in [-0.2, -0.15) is 5.10 Å². The number of carbonyl (C=O) groups excluding carboxylic acids is 2. The lowest BCUT2D eigenvalue weighted by Gasteiger charge is -2.11. The number of methoxy groups -OCH3 is 2. The van der Waals surface area contributed by atoms with Crippen LogP contribution in [0.3, 0.4) is 0 Å². The van der Waals surface area contributed by atoms with Crippen molar-refractivity contribution in [2.75, 3.05) is 19.5 Å². The smallest absolute Gasteiger partial charge is 0.340 e. The molecule has 1 aromatic heterocycles. The van der Waals surface area contributed by atoms with Crippen LogP contribution in [0.15, 0.2) is 48.5 Å². The van der Waals surface area contributed by atoms with E-state index in [1.54, 1.807) is 23.7 Å². The fourth-order valence-electron chi connectivity index (χ4n) is 2.90. The number of amides is 1. The predicted molar refractivity (Wildman–Crippen MR) is 110 cm³/mol. The Balaban J connectivity index is 1.89. The van der Waals surface area contributed by atoms with E-state index in [2.05, 4.69) is 10.4 Å². The Kier molecular flexibility index (Phi) is 6.19. The molecule has 0 radical (unpaired) electrons. The maximum absolute atomic E-state index is 12.9. The van der Waals surface area contributed by atoms with Gasteiger partial charge in [-0.25, -0.2) is 9.48 Å². The maximum atomic E-state index is 12.9. The molecule has 2 aromatic carbocycles. The van der Waals surface area contributed by atoms with E-state index < -0.39 is 11.9 Å². The second kappa shape index (κ2) is 8.79. The lowest BCUT2D eigenvalue weighted by atomic mass is 10.1. The highest BCUT2D eigenvalue weighted by Crippen LogP contribution is 2.26. The molecule has 0 aliphatic carbocycles. The van der Waals surface area contributed by atoms with Gasteiger partial charge in [0.15, 0.2) is 0 Å². The Hall–Kier alpha value is -3.32. The summed E-state index contributed by atoms with van der Waals surface area (Å²) >= 11 is 6.45. The van der Waals surface area contributed by atoms with E-state index in [4.69, 9.17) is 21.1 Å². The van der Waals surface area contributed by atoms with Gasteiger partial charge in [0.05, 0.1) is 43.3 Å². The van der Waals surface area contributed by atoms with Crippen molar-refractivity contribution in [1.29, 1.82) is 0 Å².